The van der Waals surface area contributed by atoms with Crippen LogP contribution in [0.2, 0.25) is 10.0 Å². The van der Waals surface area contributed by atoms with Crippen molar-refractivity contribution in [3.63, 3.8) is 0 Å². The molecule has 0 aliphatic heterocycles. The summed E-state index contributed by atoms with van der Waals surface area (Å²) in [7, 11) is 0. The second kappa shape index (κ2) is 8.77. The maximum atomic E-state index is 9.48. The number of nitriles is 1. The first-order valence-corrected chi connectivity index (χ1v) is 9.16. The first-order valence-electron chi connectivity index (χ1n) is 8.41. The van der Waals surface area contributed by atoms with E-state index in [-0.39, 0.29) is 0 Å². The van der Waals surface area contributed by atoms with Crippen LogP contribution in [0.15, 0.2) is 66.7 Å². The van der Waals surface area contributed by atoms with E-state index in [4.69, 9.17) is 27.9 Å². The summed E-state index contributed by atoms with van der Waals surface area (Å²) in [6, 6.07) is 23.1. The lowest BCUT2D eigenvalue weighted by Gasteiger charge is -2.09. The van der Waals surface area contributed by atoms with E-state index in [9.17, 15) is 5.26 Å². The molecule has 0 aliphatic rings. The fourth-order valence-electron chi connectivity index (χ4n) is 2.59. The third kappa shape index (κ3) is 5.14. The Hall–Kier alpha value is -2.73. The predicted octanol–water partition coefficient (Wildman–Crippen LogP) is 6.95. The van der Waals surface area contributed by atoms with Gasteiger partial charge in [0.2, 0.25) is 0 Å². The van der Waals surface area contributed by atoms with E-state index in [1.807, 2.05) is 73.7 Å². The highest BCUT2D eigenvalue weighted by Crippen LogP contribution is 2.28. The summed E-state index contributed by atoms with van der Waals surface area (Å²) in [6.45, 7) is 2.39. The smallest absolute Gasteiger partial charge is 0.138 e. The topological polar surface area (TPSA) is 33.0 Å². The molecule has 0 radical (unpaired) electrons. The van der Waals surface area contributed by atoms with Gasteiger partial charge in [0, 0.05) is 5.02 Å². The first-order chi connectivity index (χ1) is 13.0. The van der Waals surface area contributed by atoms with Gasteiger partial charge in [-0.25, -0.2) is 0 Å². The summed E-state index contributed by atoms with van der Waals surface area (Å²) in [6.07, 6.45) is 1.82. The Morgan fingerprint density at radius 1 is 1.04 bits per heavy atom. The second-order valence-electron chi connectivity index (χ2n) is 6.14. The van der Waals surface area contributed by atoms with Crippen LogP contribution in [0.25, 0.3) is 11.6 Å². The Balaban J connectivity index is 1.77. The molecule has 0 aliphatic carbocycles. The number of aryl methyl sites for hydroxylation is 1. The van der Waals surface area contributed by atoms with Crippen molar-refractivity contribution in [2.24, 2.45) is 0 Å². The Labute approximate surface area is 169 Å². The van der Waals surface area contributed by atoms with Crippen LogP contribution in [-0.2, 0) is 6.61 Å². The molecule has 134 valence electrons. The van der Waals surface area contributed by atoms with Gasteiger partial charge in [-0.15, -0.1) is 0 Å². The maximum absolute atomic E-state index is 9.48. The van der Waals surface area contributed by atoms with Crippen molar-refractivity contribution < 1.29 is 4.74 Å². The number of hydrogen-bond donors (Lipinski definition) is 0. The molecule has 3 aromatic rings. The van der Waals surface area contributed by atoms with Crippen LogP contribution < -0.4 is 4.74 Å². The standard InChI is InChI=1S/C23H17Cl2NO/c1-16-5-8-19(9-6-16)20(14-26)11-17-7-10-23(22(25)13-17)27-15-18-3-2-4-21(24)12-18/h2-13H,15H2,1H3/b20-11+. The number of benzene rings is 3. The number of halogens is 2. The lowest BCUT2D eigenvalue weighted by molar-refractivity contribution is 0.306. The van der Waals surface area contributed by atoms with Gasteiger partial charge >= 0.3 is 0 Å². The van der Waals surface area contributed by atoms with Gasteiger partial charge in [0.05, 0.1) is 16.7 Å². The summed E-state index contributed by atoms with van der Waals surface area (Å²) < 4.78 is 5.79. The average Bonchev–Trinajstić information content (AvgIpc) is 2.66. The molecular weight excluding hydrogens is 377 g/mol. The highest BCUT2D eigenvalue weighted by atomic mass is 35.5. The minimum absolute atomic E-state index is 0.377. The normalized spacial score (nSPS) is 11.1. The van der Waals surface area contributed by atoms with Gasteiger partial charge in [-0.05, 0) is 54.0 Å². The number of nitrogens with zero attached hydrogens (tertiary/aromatic N) is 1. The van der Waals surface area contributed by atoms with Crippen molar-refractivity contribution in [1.29, 1.82) is 5.26 Å². The lowest BCUT2D eigenvalue weighted by atomic mass is 10.0. The van der Waals surface area contributed by atoms with Crippen molar-refractivity contribution in [3.05, 3.63) is 99.0 Å². The molecule has 0 bridgehead atoms. The summed E-state index contributed by atoms with van der Waals surface area (Å²) >= 11 is 12.3. The lowest BCUT2D eigenvalue weighted by Crippen LogP contribution is -1.96. The highest BCUT2D eigenvalue weighted by Gasteiger charge is 2.06. The van der Waals surface area contributed by atoms with Crippen LogP contribution in [0.5, 0.6) is 5.75 Å². The summed E-state index contributed by atoms with van der Waals surface area (Å²) in [4.78, 5) is 0. The van der Waals surface area contributed by atoms with Gasteiger partial charge in [-0.1, -0.05) is 71.2 Å². The van der Waals surface area contributed by atoms with Crippen LogP contribution >= 0.6 is 23.2 Å². The highest BCUT2D eigenvalue weighted by molar-refractivity contribution is 6.32. The third-order valence-electron chi connectivity index (χ3n) is 4.03. The molecule has 27 heavy (non-hydrogen) atoms. The zero-order chi connectivity index (χ0) is 19.2. The predicted molar refractivity (Wildman–Crippen MR) is 112 cm³/mol. The molecule has 3 aromatic carbocycles. The quantitative estimate of drug-likeness (QED) is 0.347. The maximum Gasteiger partial charge on any atom is 0.138 e. The molecule has 0 saturated heterocycles. The molecule has 0 amide bonds. The average molecular weight is 394 g/mol. The van der Waals surface area contributed by atoms with Crippen molar-refractivity contribution in [3.8, 4) is 11.8 Å². The number of hydrogen-bond acceptors (Lipinski definition) is 2. The van der Waals surface area contributed by atoms with Crippen LogP contribution in [0.1, 0.15) is 22.3 Å². The molecular formula is C23H17Cl2NO. The fourth-order valence-corrected chi connectivity index (χ4v) is 3.05. The van der Waals surface area contributed by atoms with Gasteiger partial charge in [-0.3, -0.25) is 0 Å². The Bertz CT molecular complexity index is 1020. The molecule has 0 saturated carbocycles. The van der Waals surface area contributed by atoms with Gasteiger partial charge < -0.3 is 4.74 Å². The zero-order valence-electron chi connectivity index (χ0n) is 14.7. The molecule has 4 heteroatoms. The zero-order valence-corrected chi connectivity index (χ0v) is 16.3. The Morgan fingerprint density at radius 3 is 2.48 bits per heavy atom. The van der Waals surface area contributed by atoms with E-state index in [0.29, 0.717) is 28.0 Å². The summed E-state index contributed by atoms with van der Waals surface area (Å²) in [5.74, 6) is 0.586. The summed E-state index contributed by atoms with van der Waals surface area (Å²) in [5, 5.41) is 10.6. The van der Waals surface area contributed by atoms with Gasteiger partial charge in [0.15, 0.2) is 0 Å². The van der Waals surface area contributed by atoms with Gasteiger partial charge in [0.25, 0.3) is 0 Å². The molecule has 2 nitrogen and oxygen atoms in total. The van der Waals surface area contributed by atoms with E-state index < -0.39 is 0 Å². The Morgan fingerprint density at radius 2 is 1.81 bits per heavy atom. The molecule has 0 unspecified atom stereocenters. The van der Waals surface area contributed by atoms with Crippen LogP contribution in [0.3, 0.4) is 0 Å². The number of ether oxygens (including phenoxy) is 1. The second-order valence-corrected chi connectivity index (χ2v) is 6.99. The van der Waals surface area contributed by atoms with Crippen molar-refractivity contribution in [2.45, 2.75) is 13.5 Å². The number of allylic oxidation sites excluding steroid dienone is 1. The van der Waals surface area contributed by atoms with E-state index >= 15 is 0 Å². The van der Waals surface area contributed by atoms with E-state index in [1.165, 1.54) is 0 Å². The fraction of sp³-hybridized carbons (Fsp3) is 0.0870. The first kappa shape index (κ1) is 19.0. The molecule has 0 heterocycles. The van der Waals surface area contributed by atoms with Crippen molar-refractivity contribution in [2.75, 3.05) is 0 Å². The van der Waals surface area contributed by atoms with Crippen LogP contribution in [0, 0.1) is 18.3 Å². The van der Waals surface area contributed by atoms with E-state index in [2.05, 4.69) is 6.07 Å². The molecule has 0 spiro atoms. The number of rotatable bonds is 5. The van der Waals surface area contributed by atoms with Crippen LogP contribution in [0.4, 0.5) is 0 Å². The minimum Gasteiger partial charge on any atom is -0.487 e. The monoisotopic (exact) mass is 393 g/mol. The van der Waals surface area contributed by atoms with Crippen molar-refractivity contribution >= 4 is 34.9 Å². The molecule has 0 aromatic heterocycles. The SMILES string of the molecule is Cc1ccc(/C(C#N)=C/c2ccc(OCc3cccc(Cl)c3)c(Cl)c2)cc1. The third-order valence-corrected chi connectivity index (χ3v) is 4.56. The molecule has 0 fully saturated rings. The van der Waals surface area contributed by atoms with E-state index in [0.717, 1.165) is 22.3 Å². The molecule has 3 rings (SSSR count). The molecule has 0 N–H and O–H groups in total. The Kier molecular flexibility index (Phi) is 6.19. The minimum atomic E-state index is 0.377. The summed E-state index contributed by atoms with van der Waals surface area (Å²) in [5.41, 5.74) is 4.42. The van der Waals surface area contributed by atoms with E-state index in [1.54, 1.807) is 6.07 Å². The van der Waals surface area contributed by atoms with Crippen LogP contribution in [-0.4, -0.2) is 0 Å². The van der Waals surface area contributed by atoms with Gasteiger partial charge in [-0.2, -0.15) is 5.26 Å². The largest absolute Gasteiger partial charge is 0.487 e. The molecule has 0 atom stereocenters. The van der Waals surface area contributed by atoms with Gasteiger partial charge in [0.1, 0.15) is 12.4 Å². The van der Waals surface area contributed by atoms with Crippen molar-refractivity contribution in [1.82, 2.24) is 0 Å².